The van der Waals surface area contributed by atoms with Crippen molar-refractivity contribution in [1.82, 2.24) is 5.32 Å². The van der Waals surface area contributed by atoms with Crippen LogP contribution in [0.4, 0.5) is 5.69 Å². The Bertz CT molecular complexity index is 513. The summed E-state index contributed by atoms with van der Waals surface area (Å²) in [5.74, 6) is 0. The predicted octanol–water partition coefficient (Wildman–Crippen LogP) is 3.80. The first-order valence-corrected chi connectivity index (χ1v) is 7.47. The van der Waals surface area contributed by atoms with E-state index in [-0.39, 0.29) is 12.4 Å². The third-order valence-corrected chi connectivity index (χ3v) is 3.66. The van der Waals surface area contributed by atoms with Crippen LogP contribution in [-0.2, 0) is 0 Å². The SMILES string of the molecule is Cc1ccccc1.Cl.Sc1ccccc1N1CCNCC1. The fraction of sp³-hybridized carbons (Fsp3) is 0.294. The average molecular weight is 323 g/mol. The van der Waals surface area contributed by atoms with Gasteiger partial charge < -0.3 is 10.2 Å². The normalized spacial score (nSPS) is 13.7. The van der Waals surface area contributed by atoms with E-state index < -0.39 is 0 Å². The number of nitrogens with zero attached hydrogens (tertiary/aromatic N) is 1. The maximum Gasteiger partial charge on any atom is 0.0502 e. The highest BCUT2D eigenvalue weighted by Crippen LogP contribution is 2.23. The standard InChI is InChI=1S/C10H14N2S.C7H8.ClH/c13-10-4-2-1-3-9(10)12-7-5-11-6-8-12;1-7-5-3-2-4-6-7;/h1-4,11,13H,5-8H2;2-6H,1H3;1H. The summed E-state index contributed by atoms with van der Waals surface area (Å²) >= 11 is 4.45. The molecule has 0 aromatic heterocycles. The molecule has 1 N–H and O–H groups in total. The average Bonchev–Trinajstić information content (AvgIpc) is 2.50. The number of hydrogen-bond donors (Lipinski definition) is 2. The molecule has 0 amide bonds. The van der Waals surface area contributed by atoms with Crippen molar-refractivity contribution in [3.8, 4) is 0 Å². The van der Waals surface area contributed by atoms with E-state index in [2.05, 4.69) is 54.0 Å². The maximum absolute atomic E-state index is 4.45. The van der Waals surface area contributed by atoms with Crippen LogP contribution in [0.2, 0.25) is 0 Å². The van der Waals surface area contributed by atoms with Gasteiger partial charge >= 0.3 is 0 Å². The third-order valence-electron chi connectivity index (χ3n) is 3.28. The topological polar surface area (TPSA) is 15.3 Å². The van der Waals surface area contributed by atoms with Crippen molar-refractivity contribution in [1.29, 1.82) is 0 Å². The van der Waals surface area contributed by atoms with Gasteiger partial charge in [0, 0.05) is 31.1 Å². The van der Waals surface area contributed by atoms with Gasteiger partial charge in [-0.15, -0.1) is 25.0 Å². The Labute approximate surface area is 139 Å². The first kappa shape index (κ1) is 17.9. The summed E-state index contributed by atoms with van der Waals surface area (Å²) in [6.45, 7) is 6.39. The number of piperazine rings is 1. The Kier molecular flexibility index (Phi) is 8.28. The molecule has 0 unspecified atom stereocenters. The van der Waals surface area contributed by atoms with E-state index in [0.717, 1.165) is 31.1 Å². The first-order chi connectivity index (χ1) is 9.77. The van der Waals surface area contributed by atoms with Gasteiger partial charge in [-0.05, 0) is 19.1 Å². The number of halogens is 1. The van der Waals surface area contributed by atoms with Crippen LogP contribution < -0.4 is 10.2 Å². The molecule has 0 saturated carbocycles. The second-order valence-corrected chi connectivity index (χ2v) is 5.36. The number of benzene rings is 2. The molecule has 1 saturated heterocycles. The first-order valence-electron chi connectivity index (χ1n) is 7.02. The Hall–Kier alpha value is -1.16. The number of hydrogen-bond acceptors (Lipinski definition) is 3. The number of rotatable bonds is 1. The summed E-state index contributed by atoms with van der Waals surface area (Å²) in [4.78, 5) is 3.45. The van der Waals surface area contributed by atoms with E-state index in [0.29, 0.717) is 0 Å². The number of nitrogens with one attached hydrogen (secondary N) is 1. The van der Waals surface area contributed by atoms with Crippen LogP contribution in [-0.4, -0.2) is 26.2 Å². The van der Waals surface area contributed by atoms with Gasteiger partial charge in [-0.2, -0.15) is 0 Å². The highest BCUT2D eigenvalue weighted by Gasteiger charge is 2.11. The molecule has 0 spiro atoms. The number of para-hydroxylation sites is 1. The molecule has 3 rings (SSSR count). The highest BCUT2D eigenvalue weighted by atomic mass is 35.5. The minimum absolute atomic E-state index is 0. The highest BCUT2D eigenvalue weighted by molar-refractivity contribution is 7.80. The molecule has 0 atom stereocenters. The van der Waals surface area contributed by atoms with Gasteiger partial charge in [-0.25, -0.2) is 0 Å². The van der Waals surface area contributed by atoms with Gasteiger partial charge in [0.25, 0.3) is 0 Å². The molecule has 21 heavy (non-hydrogen) atoms. The molecule has 1 aliphatic rings. The van der Waals surface area contributed by atoms with Gasteiger partial charge in [-0.3, -0.25) is 0 Å². The van der Waals surface area contributed by atoms with Crippen molar-refractivity contribution < 1.29 is 0 Å². The number of thiol groups is 1. The lowest BCUT2D eigenvalue weighted by Gasteiger charge is -2.30. The minimum Gasteiger partial charge on any atom is -0.368 e. The molecule has 2 aromatic carbocycles. The van der Waals surface area contributed by atoms with Gasteiger partial charge in [0.1, 0.15) is 0 Å². The molecule has 0 aliphatic carbocycles. The molecule has 2 aromatic rings. The number of aryl methyl sites for hydroxylation is 1. The van der Waals surface area contributed by atoms with Crippen molar-refractivity contribution >= 4 is 30.7 Å². The van der Waals surface area contributed by atoms with Crippen LogP contribution in [0.15, 0.2) is 59.5 Å². The van der Waals surface area contributed by atoms with Gasteiger partial charge in [0.15, 0.2) is 0 Å². The molecule has 0 bridgehead atoms. The molecule has 1 aliphatic heterocycles. The molecule has 0 radical (unpaired) electrons. The molecule has 4 heteroatoms. The second kappa shape index (κ2) is 9.72. The molecule has 1 fully saturated rings. The summed E-state index contributed by atoms with van der Waals surface area (Å²) in [6.07, 6.45) is 0. The van der Waals surface area contributed by atoms with Gasteiger partial charge in [0.05, 0.1) is 5.69 Å². The quantitative estimate of drug-likeness (QED) is 0.776. The molecule has 2 nitrogen and oxygen atoms in total. The van der Waals surface area contributed by atoms with E-state index in [4.69, 9.17) is 0 Å². The van der Waals surface area contributed by atoms with Gasteiger partial charge in [0.2, 0.25) is 0 Å². The van der Waals surface area contributed by atoms with Crippen LogP contribution in [0.5, 0.6) is 0 Å². The van der Waals surface area contributed by atoms with E-state index >= 15 is 0 Å². The van der Waals surface area contributed by atoms with Crippen LogP contribution in [0, 0.1) is 6.92 Å². The second-order valence-electron chi connectivity index (χ2n) is 4.88. The molecule has 114 valence electrons. The van der Waals surface area contributed by atoms with Crippen LogP contribution in [0.25, 0.3) is 0 Å². The van der Waals surface area contributed by atoms with Crippen molar-refractivity contribution in [3.05, 3.63) is 60.2 Å². The Balaban J connectivity index is 0.000000236. The monoisotopic (exact) mass is 322 g/mol. The van der Waals surface area contributed by atoms with Crippen LogP contribution in [0.1, 0.15) is 5.56 Å². The minimum atomic E-state index is 0. The Morgan fingerprint density at radius 2 is 1.48 bits per heavy atom. The molecular formula is C17H23ClN2S. The fourth-order valence-electron chi connectivity index (χ4n) is 2.17. The van der Waals surface area contributed by atoms with Crippen LogP contribution in [0.3, 0.4) is 0 Å². The predicted molar refractivity (Wildman–Crippen MR) is 97.2 cm³/mol. The lowest BCUT2D eigenvalue weighted by molar-refractivity contribution is 0.587. The Morgan fingerprint density at radius 3 is 2.00 bits per heavy atom. The molecule has 1 heterocycles. The van der Waals surface area contributed by atoms with Crippen molar-refractivity contribution in [2.75, 3.05) is 31.1 Å². The van der Waals surface area contributed by atoms with Crippen molar-refractivity contribution in [2.24, 2.45) is 0 Å². The van der Waals surface area contributed by atoms with E-state index in [1.807, 2.05) is 30.3 Å². The summed E-state index contributed by atoms with van der Waals surface area (Å²) in [6, 6.07) is 18.5. The van der Waals surface area contributed by atoms with Crippen LogP contribution >= 0.6 is 25.0 Å². The smallest absolute Gasteiger partial charge is 0.0502 e. The van der Waals surface area contributed by atoms with Gasteiger partial charge in [-0.1, -0.05) is 48.0 Å². The van der Waals surface area contributed by atoms with E-state index in [1.165, 1.54) is 11.3 Å². The summed E-state index contributed by atoms with van der Waals surface area (Å²) < 4.78 is 0. The van der Waals surface area contributed by atoms with E-state index in [9.17, 15) is 0 Å². The zero-order chi connectivity index (χ0) is 14.2. The van der Waals surface area contributed by atoms with Crippen molar-refractivity contribution in [2.45, 2.75) is 11.8 Å². The lowest BCUT2D eigenvalue weighted by atomic mass is 10.2. The third kappa shape index (κ3) is 6.00. The molecular weight excluding hydrogens is 300 g/mol. The zero-order valence-electron chi connectivity index (χ0n) is 12.3. The lowest BCUT2D eigenvalue weighted by Crippen LogP contribution is -2.43. The summed E-state index contributed by atoms with van der Waals surface area (Å²) in [7, 11) is 0. The van der Waals surface area contributed by atoms with Crippen molar-refractivity contribution in [3.63, 3.8) is 0 Å². The fourth-order valence-corrected chi connectivity index (χ4v) is 2.47. The van der Waals surface area contributed by atoms with E-state index in [1.54, 1.807) is 0 Å². The largest absolute Gasteiger partial charge is 0.368 e. The summed E-state index contributed by atoms with van der Waals surface area (Å²) in [5.41, 5.74) is 2.58. The zero-order valence-corrected chi connectivity index (χ0v) is 14.0. The maximum atomic E-state index is 4.45. The Morgan fingerprint density at radius 1 is 0.905 bits per heavy atom. The summed E-state index contributed by atoms with van der Waals surface area (Å²) in [5, 5.41) is 3.34. The number of anilines is 1.